The van der Waals surface area contributed by atoms with Crippen LogP contribution in [-0.4, -0.2) is 31.9 Å². The monoisotopic (exact) mass is 328 g/mol. The molecule has 6 heteroatoms. The summed E-state index contributed by atoms with van der Waals surface area (Å²) in [5.41, 5.74) is 0. The quantitative estimate of drug-likeness (QED) is 0.904. The van der Waals surface area contributed by atoms with Crippen molar-refractivity contribution in [3.05, 3.63) is 16.3 Å². The van der Waals surface area contributed by atoms with E-state index in [0.717, 1.165) is 11.3 Å². The lowest BCUT2D eigenvalue weighted by molar-refractivity contribution is 0.222. The molecule has 2 unspecified atom stereocenters. The highest BCUT2D eigenvalue weighted by molar-refractivity contribution is 7.89. The fourth-order valence-corrected chi connectivity index (χ4v) is 6.20. The van der Waals surface area contributed by atoms with Gasteiger partial charge in [0.25, 0.3) is 0 Å². The van der Waals surface area contributed by atoms with Crippen LogP contribution >= 0.6 is 11.3 Å². The van der Waals surface area contributed by atoms with Crippen molar-refractivity contribution in [2.24, 2.45) is 11.8 Å². The molecule has 4 nitrogen and oxygen atoms in total. The lowest BCUT2D eigenvalue weighted by atomic mass is 9.94. The second-order valence-corrected chi connectivity index (χ2v) is 9.54. The average Bonchev–Trinajstić information content (AvgIpc) is 3.11. The topological polar surface area (TPSA) is 49.4 Å². The molecule has 0 aromatic carbocycles. The van der Waals surface area contributed by atoms with Gasteiger partial charge in [0.05, 0.1) is 4.90 Å². The first-order valence-corrected chi connectivity index (χ1v) is 10.1. The summed E-state index contributed by atoms with van der Waals surface area (Å²) in [5.74, 6) is 0.880. The van der Waals surface area contributed by atoms with Gasteiger partial charge in [0, 0.05) is 30.6 Å². The van der Waals surface area contributed by atoms with Crippen LogP contribution in [0.3, 0.4) is 0 Å². The van der Waals surface area contributed by atoms with Crippen molar-refractivity contribution in [3.63, 3.8) is 0 Å². The zero-order valence-electron chi connectivity index (χ0n) is 12.7. The number of nitrogens with one attached hydrogen (secondary N) is 1. The summed E-state index contributed by atoms with van der Waals surface area (Å²) < 4.78 is 27.5. The van der Waals surface area contributed by atoms with Crippen molar-refractivity contribution in [3.8, 4) is 0 Å². The van der Waals surface area contributed by atoms with Crippen molar-refractivity contribution in [2.45, 2.75) is 50.6 Å². The number of rotatable bonds is 5. The van der Waals surface area contributed by atoms with E-state index in [-0.39, 0.29) is 0 Å². The van der Waals surface area contributed by atoms with Crippen molar-refractivity contribution in [2.75, 3.05) is 13.1 Å². The van der Waals surface area contributed by atoms with Gasteiger partial charge in [0.1, 0.15) is 0 Å². The van der Waals surface area contributed by atoms with Crippen molar-refractivity contribution < 1.29 is 8.42 Å². The van der Waals surface area contributed by atoms with E-state index in [9.17, 15) is 8.42 Å². The van der Waals surface area contributed by atoms with Gasteiger partial charge in [0.15, 0.2) is 0 Å². The third kappa shape index (κ3) is 3.50. The summed E-state index contributed by atoms with van der Waals surface area (Å²) in [4.78, 5) is 1.47. The van der Waals surface area contributed by atoms with Crippen LogP contribution in [0.2, 0.25) is 0 Å². The Morgan fingerprint density at radius 3 is 2.57 bits per heavy atom. The summed E-state index contributed by atoms with van der Waals surface area (Å²) in [6.07, 6.45) is 3.55. The molecule has 1 saturated carbocycles. The van der Waals surface area contributed by atoms with Crippen LogP contribution < -0.4 is 5.32 Å². The van der Waals surface area contributed by atoms with Crippen LogP contribution in [0.5, 0.6) is 0 Å². The Morgan fingerprint density at radius 1 is 1.29 bits per heavy atom. The van der Waals surface area contributed by atoms with E-state index in [2.05, 4.69) is 19.2 Å². The molecule has 0 amide bonds. The summed E-state index contributed by atoms with van der Waals surface area (Å²) in [5, 5.41) is 5.32. The smallest absolute Gasteiger partial charge is 0.244 e. The number of nitrogens with zero attached hydrogens (tertiary/aromatic N) is 1. The van der Waals surface area contributed by atoms with Gasteiger partial charge in [-0.25, -0.2) is 8.42 Å². The van der Waals surface area contributed by atoms with Gasteiger partial charge in [-0.1, -0.05) is 13.8 Å². The Labute approximate surface area is 131 Å². The molecule has 1 aliphatic carbocycles. The summed E-state index contributed by atoms with van der Waals surface area (Å²) in [6.45, 7) is 6.26. The van der Waals surface area contributed by atoms with Crippen molar-refractivity contribution in [1.82, 2.24) is 9.62 Å². The molecule has 2 heterocycles. The molecule has 1 aromatic rings. The second kappa shape index (κ2) is 5.99. The van der Waals surface area contributed by atoms with Gasteiger partial charge in [-0.3, -0.25) is 0 Å². The summed E-state index contributed by atoms with van der Waals surface area (Å²) in [7, 11) is -3.34. The molecule has 1 saturated heterocycles. The third-order valence-electron chi connectivity index (χ3n) is 4.29. The maximum Gasteiger partial charge on any atom is 0.244 e. The SMILES string of the molecule is CC1CC(C)CN(S(=O)(=O)c2ccsc2CNC2CC2)C1. The van der Waals surface area contributed by atoms with Crippen molar-refractivity contribution >= 4 is 21.4 Å². The van der Waals surface area contributed by atoms with E-state index < -0.39 is 10.0 Å². The number of sulfonamides is 1. The van der Waals surface area contributed by atoms with Crippen LogP contribution in [0.15, 0.2) is 16.3 Å². The molecule has 3 rings (SSSR count). The average molecular weight is 329 g/mol. The fourth-order valence-electron chi connectivity index (χ4n) is 3.15. The largest absolute Gasteiger partial charge is 0.309 e. The van der Waals surface area contributed by atoms with Gasteiger partial charge in [0.2, 0.25) is 10.0 Å². The van der Waals surface area contributed by atoms with Gasteiger partial charge in [-0.2, -0.15) is 4.31 Å². The lowest BCUT2D eigenvalue weighted by Crippen LogP contribution is -2.42. The zero-order valence-corrected chi connectivity index (χ0v) is 14.3. The number of piperidine rings is 1. The first kappa shape index (κ1) is 15.5. The lowest BCUT2D eigenvalue weighted by Gasteiger charge is -2.34. The maximum absolute atomic E-state index is 12.9. The molecule has 0 spiro atoms. The van der Waals surface area contributed by atoms with Gasteiger partial charge in [-0.15, -0.1) is 11.3 Å². The van der Waals surface area contributed by atoms with E-state index in [1.54, 1.807) is 21.7 Å². The normalized spacial score (nSPS) is 27.9. The maximum atomic E-state index is 12.9. The van der Waals surface area contributed by atoms with Crippen LogP contribution in [0.4, 0.5) is 0 Å². The number of thiophene rings is 1. The molecule has 0 bridgehead atoms. The summed E-state index contributed by atoms with van der Waals surface area (Å²) >= 11 is 1.54. The Morgan fingerprint density at radius 2 is 1.95 bits per heavy atom. The minimum atomic E-state index is -3.34. The highest BCUT2D eigenvalue weighted by Crippen LogP contribution is 2.31. The molecule has 1 aliphatic heterocycles. The molecule has 1 aromatic heterocycles. The minimum absolute atomic E-state index is 0.440. The van der Waals surface area contributed by atoms with E-state index >= 15 is 0 Å². The molecular weight excluding hydrogens is 304 g/mol. The predicted octanol–water partition coefficient (Wildman–Crippen LogP) is 2.67. The van der Waals surface area contributed by atoms with E-state index in [4.69, 9.17) is 0 Å². The molecule has 118 valence electrons. The first-order chi connectivity index (χ1) is 9.96. The summed E-state index contributed by atoms with van der Waals surface area (Å²) in [6, 6.07) is 2.37. The van der Waals surface area contributed by atoms with E-state index in [0.29, 0.717) is 42.4 Å². The molecule has 0 radical (unpaired) electrons. The van der Waals surface area contributed by atoms with Crippen LogP contribution in [-0.2, 0) is 16.6 Å². The molecule has 21 heavy (non-hydrogen) atoms. The third-order valence-corrected chi connectivity index (χ3v) is 7.25. The number of hydrogen-bond acceptors (Lipinski definition) is 4. The Hall–Kier alpha value is -0.430. The van der Waals surface area contributed by atoms with Crippen molar-refractivity contribution in [1.29, 1.82) is 0 Å². The number of hydrogen-bond donors (Lipinski definition) is 1. The van der Waals surface area contributed by atoms with Gasteiger partial charge in [-0.05, 0) is 42.5 Å². The minimum Gasteiger partial charge on any atom is -0.309 e. The van der Waals surface area contributed by atoms with Crippen LogP contribution in [0.25, 0.3) is 0 Å². The van der Waals surface area contributed by atoms with Crippen LogP contribution in [0, 0.1) is 11.8 Å². The van der Waals surface area contributed by atoms with Gasteiger partial charge >= 0.3 is 0 Å². The first-order valence-electron chi connectivity index (χ1n) is 7.76. The highest BCUT2D eigenvalue weighted by atomic mass is 32.2. The van der Waals surface area contributed by atoms with E-state index in [1.807, 2.05) is 5.38 Å². The zero-order chi connectivity index (χ0) is 15.0. The Kier molecular flexibility index (Phi) is 4.41. The fraction of sp³-hybridized carbons (Fsp3) is 0.733. The molecule has 2 fully saturated rings. The molecule has 2 aliphatic rings. The van der Waals surface area contributed by atoms with E-state index in [1.165, 1.54) is 12.8 Å². The molecule has 2 atom stereocenters. The highest BCUT2D eigenvalue weighted by Gasteiger charge is 2.33. The molecular formula is C15H24N2O2S2. The second-order valence-electron chi connectivity index (χ2n) is 6.63. The van der Waals surface area contributed by atoms with Gasteiger partial charge < -0.3 is 5.32 Å². The standard InChI is InChI=1S/C15H24N2O2S2/c1-11-7-12(2)10-17(9-11)21(18,19)15-5-6-20-14(15)8-16-13-3-4-13/h5-6,11-13,16H,3-4,7-10H2,1-2H3. The Bertz CT molecular complexity index is 583. The van der Waals surface area contributed by atoms with Crippen LogP contribution in [0.1, 0.15) is 38.0 Å². The Balaban J connectivity index is 1.78. The predicted molar refractivity (Wildman–Crippen MR) is 85.9 cm³/mol. The molecule has 1 N–H and O–H groups in total.